The number of aromatic nitrogens is 1. The molecule has 0 fully saturated rings. The average Bonchev–Trinajstić information content (AvgIpc) is 2.30. The third kappa shape index (κ3) is 2.98. The Morgan fingerprint density at radius 2 is 1.67 bits per heavy atom. The standard InChI is InChI=1S/C11H5Cl4FN2/c12-6-2-1-5(16)3-9(6)17-11-8(14)4-7(13)10(15)18-11/h1-4H,(H,17,18). The lowest BCUT2D eigenvalue weighted by Crippen LogP contribution is -1.96. The molecule has 94 valence electrons. The molecule has 0 saturated heterocycles. The predicted molar refractivity (Wildman–Crippen MR) is 74.0 cm³/mol. The van der Waals surface area contributed by atoms with Crippen molar-refractivity contribution in [3.05, 3.63) is 50.3 Å². The van der Waals surface area contributed by atoms with Crippen molar-refractivity contribution in [2.45, 2.75) is 0 Å². The summed E-state index contributed by atoms with van der Waals surface area (Å²) in [6.07, 6.45) is 0. The number of nitrogens with zero attached hydrogens (tertiary/aromatic N) is 1. The van der Waals surface area contributed by atoms with Crippen molar-refractivity contribution in [3.8, 4) is 0 Å². The maximum absolute atomic E-state index is 13.1. The van der Waals surface area contributed by atoms with Gasteiger partial charge in [-0.15, -0.1) is 0 Å². The van der Waals surface area contributed by atoms with Crippen molar-refractivity contribution in [3.63, 3.8) is 0 Å². The lowest BCUT2D eigenvalue weighted by atomic mass is 10.3. The Balaban J connectivity index is 2.40. The molecule has 0 aliphatic rings. The lowest BCUT2D eigenvalue weighted by Gasteiger charge is -2.10. The lowest BCUT2D eigenvalue weighted by molar-refractivity contribution is 0.628. The van der Waals surface area contributed by atoms with Crippen molar-refractivity contribution in [1.29, 1.82) is 0 Å². The van der Waals surface area contributed by atoms with E-state index in [-0.39, 0.29) is 21.0 Å². The summed E-state index contributed by atoms with van der Waals surface area (Å²) < 4.78 is 13.1. The van der Waals surface area contributed by atoms with E-state index in [4.69, 9.17) is 46.4 Å². The topological polar surface area (TPSA) is 24.9 Å². The molecule has 0 aliphatic carbocycles. The van der Waals surface area contributed by atoms with Crippen molar-refractivity contribution in [2.75, 3.05) is 5.32 Å². The minimum absolute atomic E-state index is 0.0936. The van der Waals surface area contributed by atoms with Gasteiger partial charge >= 0.3 is 0 Å². The Morgan fingerprint density at radius 3 is 2.39 bits per heavy atom. The molecule has 18 heavy (non-hydrogen) atoms. The van der Waals surface area contributed by atoms with Gasteiger partial charge in [0.15, 0.2) is 5.82 Å². The van der Waals surface area contributed by atoms with Crippen LogP contribution in [0.25, 0.3) is 0 Å². The van der Waals surface area contributed by atoms with E-state index in [2.05, 4.69) is 10.3 Å². The van der Waals surface area contributed by atoms with Gasteiger partial charge in [0.05, 0.1) is 20.8 Å². The fourth-order valence-electron chi connectivity index (χ4n) is 1.25. The van der Waals surface area contributed by atoms with Crippen LogP contribution in [-0.2, 0) is 0 Å². The van der Waals surface area contributed by atoms with Crippen molar-refractivity contribution >= 4 is 57.9 Å². The molecule has 0 saturated carbocycles. The molecule has 0 spiro atoms. The average molecular weight is 326 g/mol. The third-order valence-electron chi connectivity index (χ3n) is 2.07. The molecule has 0 bridgehead atoms. The smallest absolute Gasteiger partial charge is 0.151 e. The van der Waals surface area contributed by atoms with Crippen molar-refractivity contribution in [1.82, 2.24) is 4.98 Å². The molecule has 2 aromatic rings. The summed E-state index contributed by atoms with van der Waals surface area (Å²) >= 11 is 23.4. The first kappa shape index (κ1) is 13.7. The quantitative estimate of drug-likeness (QED) is 0.729. The molecule has 2 nitrogen and oxygen atoms in total. The number of hydrogen-bond acceptors (Lipinski definition) is 2. The van der Waals surface area contributed by atoms with Gasteiger partial charge in [-0.3, -0.25) is 0 Å². The Hall–Kier alpha value is -0.740. The van der Waals surface area contributed by atoms with Crippen LogP contribution < -0.4 is 5.32 Å². The van der Waals surface area contributed by atoms with Crippen LogP contribution in [0.2, 0.25) is 20.2 Å². The van der Waals surface area contributed by atoms with Crippen LogP contribution in [-0.4, -0.2) is 4.98 Å². The highest BCUT2D eigenvalue weighted by molar-refractivity contribution is 6.43. The second-order valence-corrected chi connectivity index (χ2v) is 4.92. The van der Waals surface area contributed by atoms with Gasteiger partial charge < -0.3 is 5.32 Å². The van der Waals surface area contributed by atoms with Crippen LogP contribution in [0, 0.1) is 5.82 Å². The fraction of sp³-hybridized carbons (Fsp3) is 0. The van der Waals surface area contributed by atoms with Gasteiger partial charge in [0.2, 0.25) is 0 Å². The van der Waals surface area contributed by atoms with Crippen LogP contribution in [0.4, 0.5) is 15.9 Å². The number of hydrogen-bond donors (Lipinski definition) is 1. The Morgan fingerprint density at radius 1 is 0.944 bits per heavy atom. The zero-order valence-corrected chi connectivity index (χ0v) is 11.7. The van der Waals surface area contributed by atoms with Crippen LogP contribution in [0.5, 0.6) is 0 Å². The number of rotatable bonds is 2. The monoisotopic (exact) mass is 324 g/mol. The Kier molecular flexibility index (Phi) is 4.17. The van der Waals surface area contributed by atoms with Gasteiger partial charge in [0.25, 0.3) is 0 Å². The summed E-state index contributed by atoms with van der Waals surface area (Å²) in [5.74, 6) is -0.184. The van der Waals surface area contributed by atoms with Gasteiger partial charge in [-0.05, 0) is 24.3 Å². The molecule has 0 aliphatic heterocycles. The van der Waals surface area contributed by atoms with Gasteiger partial charge in [0.1, 0.15) is 11.0 Å². The summed E-state index contributed by atoms with van der Waals surface area (Å²) in [6, 6.07) is 5.33. The SMILES string of the molecule is Fc1ccc(Cl)c(Nc2nc(Cl)c(Cl)cc2Cl)c1. The summed E-state index contributed by atoms with van der Waals surface area (Å²) in [5, 5.41) is 3.71. The van der Waals surface area contributed by atoms with E-state index in [9.17, 15) is 4.39 Å². The summed E-state index contributed by atoms with van der Waals surface area (Å²) in [6.45, 7) is 0. The summed E-state index contributed by atoms with van der Waals surface area (Å²) in [4.78, 5) is 3.95. The van der Waals surface area contributed by atoms with Crippen LogP contribution >= 0.6 is 46.4 Å². The largest absolute Gasteiger partial charge is 0.338 e. The van der Waals surface area contributed by atoms with Crippen LogP contribution in [0.3, 0.4) is 0 Å². The molecule has 1 heterocycles. The summed E-state index contributed by atoms with van der Waals surface area (Å²) in [7, 11) is 0. The van der Waals surface area contributed by atoms with Gasteiger partial charge in [-0.25, -0.2) is 9.37 Å². The molecule has 0 radical (unpaired) electrons. The van der Waals surface area contributed by atoms with E-state index in [1.165, 1.54) is 24.3 Å². The van der Waals surface area contributed by atoms with E-state index in [1.807, 2.05) is 0 Å². The maximum atomic E-state index is 13.1. The van der Waals surface area contributed by atoms with Crippen LogP contribution in [0.15, 0.2) is 24.3 Å². The fourth-order valence-corrected chi connectivity index (χ4v) is 1.96. The minimum Gasteiger partial charge on any atom is -0.338 e. The van der Waals surface area contributed by atoms with E-state index in [1.54, 1.807) is 0 Å². The molecule has 1 aromatic carbocycles. The van der Waals surface area contributed by atoms with Gasteiger partial charge in [-0.2, -0.15) is 0 Å². The second-order valence-electron chi connectivity index (χ2n) is 3.34. The van der Waals surface area contributed by atoms with E-state index >= 15 is 0 Å². The number of anilines is 2. The zero-order valence-electron chi connectivity index (χ0n) is 8.65. The number of benzene rings is 1. The van der Waals surface area contributed by atoms with E-state index < -0.39 is 5.82 Å². The number of nitrogens with one attached hydrogen (secondary N) is 1. The molecule has 1 N–H and O–H groups in total. The number of pyridine rings is 1. The third-order valence-corrected chi connectivity index (χ3v) is 3.36. The van der Waals surface area contributed by atoms with Crippen molar-refractivity contribution in [2.24, 2.45) is 0 Å². The molecule has 7 heteroatoms. The zero-order chi connectivity index (χ0) is 13.3. The number of halogens is 5. The minimum atomic E-state index is -0.432. The highest BCUT2D eigenvalue weighted by atomic mass is 35.5. The van der Waals surface area contributed by atoms with Gasteiger partial charge in [-0.1, -0.05) is 46.4 Å². The van der Waals surface area contributed by atoms with E-state index in [0.717, 1.165) is 0 Å². The maximum Gasteiger partial charge on any atom is 0.151 e. The molecule has 0 atom stereocenters. The molecule has 1 aromatic heterocycles. The molecule has 0 unspecified atom stereocenters. The summed E-state index contributed by atoms with van der Waals surface area (Å²) in [5.41, 5.74) is 0.337. The van der Waals surface area contributed by atoms with Crippen molar-refractivity contribution < 1.29 is 4.39 Å². The normalized spacial score (nSPS) is 10.5. The van der Waals surface area contributed by atoms with Gasteiger partial charge in [0, 0.05) is 0 Å². The second kappa shape index (κ2) is 5.49. The Labute approximate surface area is 123 Å². The first-order valence-corrected chi connectivity index (χ1v) is 6.22. The molecular weight excluding hydrogens is 321 g/mol. The predicted octanol–water partition coefficient (Wildman–Crippen LogP) is 5.58. The molecule has 0 amide bonds. The highest BCUT2D eigenvalue weighted by Gasteiger charge is 2.10. The molecular formula is C11H5Cl4FN2. The Bertz CT molecular complexity index is 604. The first-order chi connectivity index (χ1) is 8.47. The first-order valence-electron chi connectivity index (χ1n) is 4.71. The van der Waals surface area contributed by atoms with Crippen LogP contribution in [0.1, 0.15) is 0 Å². The molecule has 2 rings (SSSR count). The highest BCUT2D eigenvalue weighted by Crippen LogP contribution is 2.32. The van der Waals surface area contributed by atoms with E-state index in [0.29, 0.717) is 10.7 Å².